The molecule has 0 bridgehead atoms. The van der Waals surface area contributed by atoms with Gasteiger partial charge in [-0.1, -0.05) is 24.3 Å². The Labute approximate surface area is 383 Å². The molecule has 0 saturated heterocycles. The number of halogens is 22. The van der Waals surface area contributed by atoms with E-state index in [0.29, 0.717) is 18.4 Å². The maximum atomic E-state index is 14.7. The van der Waals surface area contributed by atoms with Crippen LogP contribution in [0.25, 0.3) is 0 Å². The van der Waals surface area contributed by atoms with Crippen LogP contribution in [0.5, 0.6) is 0 Å². The SMILES string of the molecule is Nc1cccc(C(=O)Nc2ccc(C(F)(C(F)(F)F)C(F)(F)F)cc2C(F)(F)F)c1F.O=C(Nc1ccc(C(F)(C(F)(F)F)C(F)(F)F)cc1C(F)(F)F)c1cccc(NCC2CC2)c1F.O=CC1CC1. The Morgan fingerprint density at radius 1 is 0.521 bits per heavy atom. The van der Waals surface area contributed by atoms with Gasteiger partial charge < -0.3 is 26.5 Å². The maximum absolute atomic E-state index is 14.7. The van der Waals surface area contributed by atoms with Crippen LogP contribution in [-0.4, -0.2) is 49.4 Å². The molecule has 0 aliphatic heterocycles. The first kappa shape index (κ1) is 57.1. The molecule has 4 aromatic rings. The average molecular weight is 1060 g/mol. The largest absolute Gasteiger partial charge is 0.435 e. The van der Waals surface area contributed by atoms with Crippen molar-refractivity contribution in [3.63, 3.8) is 0 Å². The van der Waals surface area contributed by atoms with Gasteiger partial charge in [0, 0.05) is 23.6 Å². The molecule has 6 rings (SSSR count). The number of hydrogen-bond acceptors (Lipinski definition) is 5. The second-order valence-electron chi connectivity index (χ2n) is 15.4. The van der Waals surface area contributed by atoms with Crippen molar-refractivity contribution in [2.24, 2.45) is 11.8 Å². The second-order valence-corrected chi connectivity index (χ2v) is 15.4. The quantitative estimate of drug-likeness (QED) is 0.0718. The number of alkyl halides is 20. The molecule has 2 amide bonds. The van der Waals surface area contributed by atoms with Gasteiger partial charge in [-0.15, -0.1) is 0 Å². The number of aldehydes is 1. The van der Waals surface area contributed by atoms with Crippen molar-refractivity contribution in [2.75, 3.05) is 28.2 Å². The molecular formula is C42H30F22N4O3. The van der Waals surface area contributed by atoms with Gasteiger partial charge in [-0.05, 0) is 80.1 Å². The van der Waals surface area contributed by atoms with E-state index in [1.54, 1.807) is 5.32 Å². The van der Waals surface area contributed by atoms with Crippen LogP contribution < -0.4 is 21.7 Å². The normalized spacial score (nSPS) is 14.8. The first-order valence-electron chi connectivity index (χ1n) is 19.5. The van der Waals surface area contributed by atoms with Gasteiger partial charge in [0.1, 0.15) is 6.29 Å². The lowest BCUT2D eigenvalue weighted by atomic mass is 9.92. The third-order valence-electron chi connectivity index (χ3n) is 10.1. The predicted octanol–water partition coefficient (Wildman–Crippen LogP) is 13.8. The Kier molecular flexibility index (Phi) is 16.4. The molecule has 0 unspecified atom stereocenters. The molecule has 0 spiro atoms. The lowest BCUT2D eigenvalue weighted by Gasteiger charge is -2.31. The summed E-state index contributed by atoms with van der Waals surface area (Å²) in [5.74, 6) is -4.71. The van der Waals surface area contributed by atoms with Crippen molar-refractivity contribution < 1.29 is 111 Å². The smallest absolute Gasteiger partial charge is 0.396 e. The summed E-state index contributed by atoms with van der Waals surface area (Å²) in [4.78, 5) is 34.1. The Bertz CT molecular complexity index is 2550. The third kappa shape index (κ3) is 12.9. The van der Waals surface area contributed by atoms with Crippen LogP contribution in [0.15, 0.2) is 72.8 Å². The molecule has 7 nitrogen and oxygen atoms in total. The molecule has 29 heteroatoms. The molecule has 0 atom stereocenters. The van der Waals surface area contributed by atoms with E-state index in [0.717, 1.165) is 56.2 Å². The molecule has 0 radical (unpaired) electrons. The monoisotopic (exact) mass is 1060 g/mol. The first-order valence-corrected chi connectivity index (χ1v) is 19.5. The van der Waals surface area contributed by atoms with E-state index in [1.807, 2.05) is 0 Å². The summed E-state index contributed by atoms with van der Waals surface area (Å²) in [5.41, 5.74) is -21.2. The molecule has 2 aliphatic carbocycles. The van der Waals surface area contributed by atoms with Gasteiger partial charge in [-0.25, -0.2) is 17.6 Å². The minimum absolute atomic E-state index is 0.00787. The number of nitrogen functional groups attached to an aromatic ring is 1. The summed E-state index contributed by atoms with van der Waals surface area (Å²) in [6.07, 6.45) is -32.7. The van der Waals surface area contributed by atoms with Crippen molar-refractivity contribution >= 4 is 40.9 Å². The van der Waals surface area contributed by atoms with E-state index in [1.165, 1.54) is 17.4 Å². The summed E-state index contributed by atoms with van der Waals surface area (Å²) in [5, 5.41) is 5.87. The lowest BCUT2D eigenvalue weighted by molar-refractivity contribution is -0.349. The molecule has 0 heterocycles. The van der Waals surface area contributed by atoms with Gasteiger partial charge in [0.05, 0.1) is 45.0 Å². The second kappa shape index (κ2) is 20.3. The van der Waals surface area contributed by atoms with Crippen LogP contribution in [-0.2, 0) is 28.5 Å². The molecular weight excluding hydrogens is 1030 g/mol. The lowest BCUT2D eigenvalue weighted by Crippen LogP contribution is -2.50. The summed E-state index contributed by atoms with van der Waals surface area (Å²) in [6.45, 7) is 0.380. The van der Waals surface area contributed by atoms with E-state index < -0.39 is 134 Å². The first-order chi connectivity index (χ1) is 32.3. The number of nitrogens with one attached hydrogen (secondary N) is 3. The summed E-state index contributed by atoms with van der Waals surface area (Å²) in [6, 6.07) is 4.47. The van der Waals surface area contributed by atoms with Crippen LogP contribution in [0, 0.1) is 23.5 Å². The number of rotatable bonds is 10. The fourth-order valence-corrected chi connectivity index (χ4v) is 5.94. The maximum Gasteiger partial charge on any atom is 0.435 e. The zero-order chi connectivity index (χ0) is 54.1. The zero-order valence-corrected chi connectivity index (χ0v) is 34.8. The van der Waals surface area contributed by atoms with Gasteiger partial charge in [0.15, 0.2) is 11.6 Å². The topological polar surface area (TPSA) is 113 Å². The molecule has 2 aliphatic rings. The van der Waals surface area contributed by atoms with Crippen molar-refractivity contribution in [3.8, 4) is 0 Å². The Balaban J connectivity index is 0.000000282. The number of benzene rings is 4. The van der Waals surface area contributed by atoms with Gasteiger partial charge in [0.25, 0.3) is 11.8 Å². The number of amides is 2. The van der Waals surface area contributed by atoms with Gasteiger partial charge in [-0.3, -0.25) is 9.59 Å². The van der Waals surface area contributed by atoms with Gasteiger partial charge >= 0.3 is 48.4 Å². The van der Waals surface area contributed by atoms with E-state index >= 15 is 0 Å². The minimum atomic E-state index is -6.65. The highest BCUT2D eigenvalue weighted by Gasteiger charge is 2.74. The number of carbonyl (C=O) groups is 3. The highest BCUT2D eigenvalue weighted by molar-refractivity contribution is 6.06. The molecule has 5 N–H and O–H groups in total. The highest BCUT2D eigenvalue weighted by atomic mass is 19.4. The van der Waals surface area contributed by atoms with Crippen molar-refractivity contribution in [1.29, 1.82) is 0 Å². The third-order valence-corrected chi connectivity index (χ3v) is 10.1. The average Bonchev–Trinajstić information content (AvgIpc) is 4.18. The van der Waals surface area contributed by atoms with Crippen molar-refractivity contribution in [3.05, 3.63) is 118 Å². The van der Waals surface area contributed by atoms with Crippen molar-refractivity contribution in [2.45, 2.75) is 74.1 Å². The van der Waals surface area contributed by atoms with Crippen LogP contribution in [0.2, 0.25) is 0 Å². The van der Waals surface area contributed by atoms with E-state index in [-0.39, 0.29) is 30.0 Å². The van der Waals surface area contributed by atoms with Crippen LogP contribution >= 0.6 is 0 Å². The Morgan fingerprint density at radius 3 is 1.23 bits per heavy atom. The van der Waals surface area contributed by atoms with Crippen LogP contribution in [0.1, 0.15) is 68.7 Å². The fraction of sp³-hybridized carbons (Fsp3) is 0.357. The van der Waals surface area contributed by atoms with Crippen LogP contribution in [0.4, 0.5) is 119 Å². The highest BCUT2D eigenvalue weighted by Crippen LogP contribution is 2.56. The summed E-state index contributed by atoms with van der Waals surface area (Å²) in [7, 11) is 0. The Morgan fingerprint density at radius 2 is 0.901 bits per heavy atom. The van der Waals surface area contributed by atoms with E-state index in [9.17, 15) is 111 Å². The molecule has 2 fully saturated rings. The van der Waals surface area contributed by atoms with Gasteiger partial charge in [-0.2, -0.15) is 79.0 Å². The molecule has 390 valence electrons. The fourth-order valence-electron chi connectivity index (χ4n) is 5.94. The van der Waals surface area contributed by atoms with Gasteiger partial charge in [0.2, 0.25) is 0 Å². The molecule has 4 aromatic carbocycles. The summed E-state index contributed by atoms with van der Waals surface area (Å²) < 4.78 is 292. The van der Waals surface area contributed by atoms with Crippen LogP contribution in [0.3, 0.4) is 0 Å². The van der Waals surface area contributed by atoms with Crippen molar-refractivity contribution in [1.82, 2.24) is 0 Å². The predicted molar refractivity (Wildman–Crippen MR) is 206 cm³/mol. The minimum Gasteiger partial charge on any atom is -0.396 e. The molecule has 2 saturated carbocycles. The molecule has 71 heavy (non-hydrogen) atoms. The number of anilines is 4. The number of nitrogens with two attached hydrogens (primary N) is 1. The Hall–Kier alpha value is -6.45. The standard InChI is InChI=1S/C21H15F11N2O.C17H9F11N2O.C4H6O/c22-16-12(2-1-3-15(16)33-9-10-4-5-10)17(35)34-14-7-6-11(8-13(14)19(24,25)26)18(23,20(27,28)29)21(30,31)32;18-12-8(2-1-3-10(12)29)13(31)30-11-5-4-7(6-9(11)15(20,21)22)14(19,16(23,24)25)17(26,27)28;5-3-4-1-2-4/h1-3,6-8,10,33H,4-5,9H2,(H,34,35);1-6H,29H2,(H,30,31);3-4H,1-2H2. The zero-order valence-electron chi connectivity index (χ0n) is 34.8. The van der Waals surface area contributed by atoms with E-state index in [2.05, 4.69) is 5.32 Å². The summed E-state index contributed by atoms with van der Waals surface area (Å²) >= 11 is 0. The molecule has 0 aromatic heterocycles. The van der Waals surface area contributed by atoms with E-state index in [4.69, 9.17) is 5.73 Å². The number of hydrogen-bond donors (Lipinski definition) is 4. The number of carbonyl (C=O) groups excluding carboxylic acids is 3.